The number of likely N-dealkylation sites (tertiary alicyclic amines) is 1. The first-order chi connectivity index (χ1) is 27.5. The summed E-state index contributed by atoms with van der Waals surface area (Å²) >= 11 is 6.36. The van der Waals surface area contributed by atoms with Gasteiger partial charge >= 0.3 is 0 Å². The summed E-state index contributed by atoms with van der Waals surface area (Å²) < 4.78 is 0. The van der Waals surface area contributed by atoms with E-state index in [4.69, 9.17) is 11.6 Å². The number of carbonyl (C=O) groups is 5. The van der Waals surface area contributed by atoms with Crippen molar-refractivity contribution in [3.63, 3.8) is 0 Å². The van der Waals surface area contributed by atoms with E-state index < -0.39 is 29.7 Å². The summed E-state index contributed by atoms with van der Waals surface area (Å²) in [7, 11) is 0. The summed E-state index contributed by atoms with van der Waals surface area (Å²) in [6, 6.07) is 20.9. The highest BCUT2D eigenvalue weighted by atomic mass is 35.5. The van der Waals surface area contributed by atoms with E-state index in [9.17, 15) is 29.2 Å². The molecule has 6 heterocycles. The molecule has 1 spiro atoms. The summed E-state index contributed by atoms with van der Waals surface area (Å²) in [5, 5.41) is 12.0. The Hall–Kier alpha value is -5.45. The van der Waals surface area contributed by atoms with Gasteiger partial charge in [0.15, 0.2) is 0 Å². The first kappa shape index (κ1) is 37.1. The fourth-order valence-electron chi connectivity index (χ4n) is 9.92. The number of nitriles is 1. The molecule has 6 aliphatic heterocycles. The van der Waals surface area contributed by atoms with Gasteiger partial charge in [-0.15, -0.1) is 0 Å². The van der Waals surface area contributed by atoms with Gasteiger partial charge in [0.05, 0.1) is 21.7 Å². The summed E-state index contributed by atoms with van der Waals surface area (Å²) in [5.74, 6) is -1.90. The van der Waals surface area contributed by atoms with Crippen LogP contribution in [0.15, 0.2) is 60.7 Å². The van der Waals surface area contributed by atoms with Gasteiger partial charge in [0.1, 0.15) is 12.1 Å². The number of carbonyl (C=O) groups excluding carboxylic acids is 5. The van der Waals surface area contributed by atoms with E-state index in [1.807, 2.05) is 35.2 Å². The van der Waals surface area contributed by atoms with Crippen LogP contribution in [0.2, 0.25) is 5.02 Å². The van der Waals surface area contributed by atoms with Crippen LogP contribution in [0.3, 0.4) is 0 Å². The molecule has 2 atom stereocenters. The minimum Gasteiger partial charge on any atom is -0.369 e. The molecule has 0 bridgehead atoms. The lowest BCUT2D eigenvalue weighted by atomic mass is 9.73. The number of piperidine rings is 2. The second-order valence-corrected chi connectivity index (χ2v) is 16.8. The van der Waals surface area contributed by atoms with Gasteiger partial charge < -0.3 is 19.6 Å². The smallest absolute Gasteiger partial charge is 0.262 e. The van der Waals surface area contributed by atoms with Gasteiger partial charge in [0.25, 0.3) is 17.7 Å². The van der Waals surface area contributed by atoms with Crippen molar-refractivity contribution in [1.82, 2.24) is 20.0 Å². The number of amides is 5. The molecule has 3 aromatic rings. The Balaban J connectivity index is 0.743. The molecule has 294 valence electrons. The van der Waals surface area contributed by atoms with E-state index in [0.717, 1.165) is 106 Å². The highest BCUT2D eigenvalue weighted by Crippen LogP contribution is 2.47. The number of piperazine rings is 1. The minimum atomic E-state index is -0.975. The summed E-state index contributed by atoms with van der Waals surface area (Å²) in [4.78, 5) is 76.5. The molecule has 13 nitrogen and oxygen atoms in total. The van der Waals surface area contributed by atoms with Crippen LogP contribution in [0.4, 0.5) is 17.1 Å². The second-order valence-electron chi connectivity index (χ2n) is 16.4. The molecule has 3 aromatic carbocycles. The molecule has 0 aromatic heterocycles. The molecule has 0 saturated carbocycles. The Bertz CT molecular complexity index is 2200. The number of fused-ring (bicyclic) bond motifs is 1. The Labute approximate surface area is 336 Å². The van der Waals surface area contributed by atoms with E-state index in [0.29, 0.717) is 33.8 Å². The maximum Gasteiger partial charge on any atom is 0.262 e. The van der Waals surface area contributed by atoms with Gasteiger partial charge in [-0.05, 0) is 98.7 Å². The maximum absolute atomic E-state index is 13.6. The monoisotopic (exact) mass is 788 g/mol. The topological polar surface area (TPSA) is 141 Å². The summed E-state index contributed by atoms with van der Waals surface area (Å²) in [6.07, 6.45) is 3.22. The third-order valence-electron chi connectivity index (χ3n) is 13.6. The highest BCUT2D eigenvalue weighted by molar-refractivity contribution is 6.32. The third-order valence-corrected chi connectivity index (χ3v) is 13.9. The van der Waals surface area contributed by atoms with Crippen molar-refractivity contribution in [1.29, 1.82) is 5.26 Å². The fourth-order valence-corrected chi connectivity index (χ4v) is 10.1. The molecular formula is C43H45ClN8O5. The lowest BCUT2D eigenvalue weighted by Crippen LogP contribution is -2.63. The number of imide groups is 2. The zero-order valence-corrected chi connectivity index (χ0v) is 32.7. The van der Waals surface area contributed by atoms with Crippen molar-refractivity contribution in [2.45, 2.75) is 57.2 Å². The molecule has 14 heteroatoms. The van der Waals surface area contributed by atoms with Crippen LogP contribution in [0.1, 0.15) is 75.7 Å². The number of nitrogens with zero attached hydrogens (tertiary/aromatic N) is 7. The van der Waals surface area contributed by atoms with Crippen LogP contribution in [0.25, 0.3) is 0 Å². The van der Waals surface area contributed by atoms with Crippen molar-refractivity contribution in [3.8, 4) is 6.07 Å². The van der Waals surface area contributed by atoms with Crippen molar-refractivity contribution in [3.05, 3.63) is 87.9 Å². The van der Waals surface area contributed by atoms with Gasteiger partial charge in [-0.25, -0.2) is 0 Å². The van der Waals surface area contributed by atoms with Gasteiger partial charge in [-0.2, -0.15) is 5.26 Å². The van der Waals surface area contributed by atoms with Crippen LogP contribution >= 0.6 is 11.6 Å². The number of anilines is 3. The van der Waals surface area contributed by atoms with Crippen LogP contribution in [0, 0.1) is 16.7 Å². The van der Waals surface area contributed by atoms with Gasteiger partial charge in [-0.1, -0.05) is 11.6 Å². The van der Waals surface area contributed by atoms with Crippen LogP contribution in [0.5, 0.6) is 0 Å². The number of rotatable bonds is 6. The first-order valence-corrected chi connectivity index (χ1v) is 20.4. The number of hydrogen-bond donors (Lipinski definition) is 1. The van der Waals surface area contributed by atoms with Crippen LogP contribution in [-0.2, 0) is 9.59 Å². The molecule has 0 radical (unpaired) electrons. The molecule has 9 rings (SSSR count). The van der Waals surface area contributed by atoms with E-state index in [-0.39, 0.29) is 24.2 Å². The number of hydrogen-bond acceptors (Lipinski definition) is 10. The molecular weight excluding hydrogens is 744 g/mol. The number of benzene rings is 3. The first-order valence-electron chi connectivity index (χ1n) is 20.0. The molecule has 5 fully saturated rings. The molecule has 1 N–H and O–H groups in total. The normalized spacial score (nSPS) is 23.8. The van der Waals surface area contributed by atoms with Crippen molar-refractivity contribution < 1.29 is 24.0 Å². The van der Waals surface area contributed by atoms with Gasteiger partial charge in [-0.3, -0.25) is 39.1 Å². The van der Waals surface area contributed by atoms with Crippen molar-refractivity contribution in [2.24, 2.45) is 5.41 Å². The van der Waals surface area contributed by atoms with Crippen LogP contribution < -0.4 is 20.0 Å². The standard InChI is InChI=1S/C43H45ClN8O5/c1-27-43(14-17-51(27)32-7-4-29(24-45)36(44)23-32)12-15-49(16-13-43)40(55)28-2-5-30(6-3-28)47-18-20-48(21-19-47)33-25-50(26-33)31-8-9-34-35(22-31)42(57)52(41(34)56)37-10-11-38(53)46-39(37)54/h2-9,22-23,27,33,37H,10-21,25-26H2,1H3,(H,46,53,54). The highest BCUT2D eigenvalue weighted by Gasteiger charge is 2.48. The minimum absolute atomic E-state index is 0.0862. The number of halogens is 1. The molecule has 5 amide bonds. The molecule has 2 unspecified atom stereocenters. The van der Waals surface area contributed by atoms with Gasteiger partial charge in [0, 0.05) is 100 Å². The van der Waals surface area contributed by atoms with Crippen molar-refractivity contribution >= 4 is 58.2 Å². The zero-order chi connectivity index (χ0) is 39.6. The fraction of sp³-hybridized carbons (Fsp3) is 0.442. The lowest BCUT2D eigenvalue weighted by molar-refractivity contribution is -0.136. The van der Waals surface area contributed by atoms with E-state index in [1.165, 1.54) is 0 Å². The summed E-state index contributed by atoms with van der Waals surface area (Å²) in [5.41, 5.74) is 4.99. The second kappa shape index (κ2) is 14.5. The zero-order valence-electron chi connectivity index (χ0n) is 32.0. The molecule has 57 heavy (non-hydrogen) atoms. The van der Waals surface area contributed by atoms with Crippen LogP contribution in [-0.4, -0.2) is 121 Å². The SMILES string of the molecule is CC1N(c2ccc(C#N)c(Cl)c2)CCC12CCN(C(=O)c1ccc(N3CCN(C4CN(c5ccc6c(c5)C(=O)N(C5CCC(=O)NC5=O)C6=O)C4)CC3)cc1)CC2. The number of nitrogens with one attached hydrogen (secondary N) is 1. The van der Waals surface area contributed by atoms with Crippen molar-refractivity contribution in [2.75, 3.05) is 73.6 Å². The third kappa shape index (κ3) is 6.48. The molecule has 6 aliphatic rings. The van der Waals surface area contributed by atoms with E-state index in [1.54, 1.807) is 18.2 Å². The summed E-state index contributed by atoms with van der Waals surface area (Å²) in [6.45, 7) is 9.92. The Kier molecular flexibility index (Phi) is 9.44. The Morgan fingerprint density at radius 1 is 0.789 bits per heavy atom. The maximum atomic E-state index is 13.6. The predicted octanol–water partition coefficient (Wildman–Crippen LogP) is 4.14. The Morgan fingerprint density at radius 2 is 1.46 bits per heavy atom. The average molecular weight is 789 g/mol. The predicted molar refractivity (Wildman–Crippen MR) is 215 cm³/mol. The largest absolute Gasteiger partial charge is 0.369 e. The van der Waals surface area contributed by atoms with Gasteiger partial charge in [0.2, 0.25) is 11.8 Å². The quantitative estimate of drug-likeness (QED) is 0.363. The lowest BCUT2D eigenvalue weighted by Gasteiger charge is -2.49. The Morgan fingerprint density at radius 3 is 2.14 bits per heavy atom. The van der Waals surface area contributed by atoms with E-state index >= 15 is 0 Å². The van der Waals surface area contributed by atoms with E-state index in [2.05, 4.69) is 50.0 Å². The molecule has 0 aliphatic carbocycles. The average Bonchev–Trinajstić information content (AvgIpc) is 3.65. The molecule has 5 saturated heterocycles.